The second-order valence-electron chi connectivity index (χ2n) is 1.82. The van der Waals surface area contributed by atoms with Gasteiger partial charge in [0.05, 0.1) is 5.69 Å². The van der Waals surface area contributed by atoms with Gasteiger partial charge in [-0.05, 0) is 28.7 Å². The fourth-order valence-corrected chi connectivity index (χ4v) is 1.05. The highest BCUT2D eigenvalue weighted by Gasteiger charge is 1.98. The van der Waals surface area contributed by atoms with E-state index in [0.29, 0.717) is 5.69 Å². The van der Waals surface area contributed by atoms with Crippen molar-refractivity contribution in [2.24, 2.45) is 5.73 Å². The lowest BCUT2D eigenvalue weighted by molar-refractivity contribution is 0.464. The lowest BCUT2D eigenvalue weighted by atomic mass is 10.3. The molecule has 3 nitrogen and oxygen atoms in total. The molecule has 0 spiro atoms. The third-order valence-electron chi connectivity index (χ3n) is 1.11. The molecule has 1 aromatic heterocycles. The first-order chi connectivity index (χ1) is 4.74. The van der Waals surface area contributed by atoms with Gasteiger partial charge in [0.1, 0.15) is 5.75 Å². The molecule has 10 heavy (non-hydrogen) atoms. The van der Waals surface area contributed by atoms with E-state index in [1.165, 1.54) is 0 Å². The van der Waals surface area contributed by atoms with Crippen molar-refractivity contribution in [2.45, 2.75) is 6.54 Å². The number of nitrogens with zero attached hydrogens (tertiary/aromatic N) is 1. The lowest BCUT2D eigenvalue weighted by Gasteiger charge is -1.98. The summed E-state index contributed by atoms with van der Waals surface area (Å²) in [5.74, 6) is 0.175. The predicted molar refractivity (Wildman–Crippen MR) is 46.5 cm³/mol. The number of hydrogen-bond donors (Lipinski definition) is 2. The van der Waals surface area contributed by atoms with E-state index in [1.54, 1.807) is 12.3 Å². The van der Waals surface area contributed by atoms with Crippen molar-refractivity contribution in [3.63, 3.8) is 0 Å². The zero-order valence-corrected chi connectivity index (χ0v) is 7.37. The van der Waals surface area contributed by atoms with Crippen LogP contribution in [-0.4, -0.2) is 10.1 Å². The minimum Gasteiger partial charge on any atom is -0.506 e. The minimum atomic E-state index is 0.175. The Kier molecular flexibility index (Phi) is 2.44. The molecular formula is C6H7IN2O. The fraction of sp³-hybridized carbons (Fsp3) is 0.167. The van der Waals surface area contributed by atoms with Crippen LogP contribution in [0.1, 0.15) is 5.69 Å². The number of aromatic nitrogens is 1. The number of rotatable bonds is 1. The molecule has 0 atom stereocenters. The van der Waals surface area contributed by atoms with E-state index in [4.69, 9.17) is 10.8 Å². The summed E-state index contributed by atoms with van der Waals surface area (Å²) < 4.78 is 0.910. The van der Waals surface area contributed by atoms with Crippen LogP contribution in [0.5, 0.6) is 5.75 Å². The van der Waals surface area contributed by atoms with Gasteiger partial charge in [-0.1, -0.05) is 0 Å². The first-order valence-electron chi connectivity index (χ1n) is 2.77. The van der Waals surface area contributed by atoms with Crippen LogP contribution < -0.4 is 5.73 Å². The molecule has 54 valence electrons. The molecule has 3 N–H and O–H groups in total. The van der Waals surface area contributed by atoms with Crippen molar-refractivity contribution >= 4 is 22.6 Å². The Labute approximate surface area is 72.4 Å². The number of nitrogens with two attached hydrogens (primary N) is 1. The van der Waals surface area contributed by atoms with Crippen molar-refractivity contribution in [3.05, 3.63) is 21.5 Å². The highest BCUT2D eigenvalue weighted by Crippen LogP contribution is 2.15. The van der Waals surface area contributed by atoms with Gasteiger partial charge < -0.3 is 10.8 Å². The average Bonchev–Trinajstić information content (AvgIpc) is 1.88. The third-order valence-corrected chi connectivity index (χ3v) is 1.70. The van der Waals surface area contributed by atoms with Gasteiger partial charge in [-0.3, -0.25) is 4.98 Å². The Bertz CT molecular complexity index is 239. The van der Waals surface area contributed by atoms with Crippen molar-refractivity contribution in [3.8, 4) is 5.75 Å². The maximum absolute atomic E-state index is 9.14. The molecular weight excluding hydrogens is 243 g/mol. The van der Waals surface area contributed by atoms with E-state index in [2.05, 4.69) is 27.6 Å². The normalized spacial score (nSPS) is 9.80. The van der Waals surface area contributed by atoms with Crippen molar-refractivity contribution in [1.29, 1.82) is 0 Å². The Morgan fingerprint density at radius 2 is 2.40 bits per heavy atom. The number of hydrogen-bond acceptors (Lipinski definition) is 3. The molecule has 1 aromatic rings. The fourth-order valence-electron chi connectivity index (χ4n) is 0.614. The van der Waals surface area contributed by atoms with Gasteiger partial charge in [-0.15, -0.1) is 0 Å². The highest BCUT2D eigenvalue weighted by atomic mass is 127. The van der Waals surface area contributed by atoms with Crippen LogP contribution in [0.25, 0.3) is 0 Å². The van der Waals surface area contributed by atoms with Crippen LogP contribution >= 0.6 is 22.6 Å². The SMILES string of the molecule is NCc1ncc(I)cc1O. The number of aromatic hydroxyl groups is 1. The van der Waals surface area contributed by atoms with Gasteiger partial charge >= 0.3 is 0 Å². The Balaban J connectivity index is 3.07. The topological polar surface area (TPSA) is 59.1 Å². The van der Waals surface area contributed by atoms with Crippen molar-refractivity contribution < 1.29 is 5.11 Å². The van der Waals surface area contributed by atoms with Crippen LogP contribution in [0.2, 0.25) is 0 Å². The zero-order valence-electron chi connectivity index (χ0n) is 5.21. The summed E-state index contributed by atoms with van der Waals surface area (Å²) in [6.45, 7) is 0.281. The molecule has 4 heteroatoms. The quantitative estimate of drug-likeness (QED) is 0.726. The van der Waals surface area contributed by atoms with E-state index in [9.17, 15) is 0 Å². The molecule has 0 aliphatic carbocycles. The van der Waals surface area contributed by atoms with Crippen LogP contribution in [0.15, 0.2) is 12.3 Å². The smallest absolute Gasteiger partial charge is 0.139 e. The highest BCUT2D eigenvalue weighted by molar-refractivity contribution is 14.1. The molecule has 0 aromatic carbocycles. The molecule has 0 aliphatic rings. The second kappa shape index (κ2) is 3.16. The van der Waals surface area contributed by atoms with Gasteiger partial charge in [-0.25, -0.2) is 0 Å². The monoisotopic (exact) mass is 250 g/mol. The Morgan fingerprint density at radius 1 is 1.70 bits per heavy atom. The standard InChI is InChI=1S/C6H7IN2O/c7-4-1-6(10)5(2-8)9-3-4/h1,3,10H,2,8H2. The first-order valence-corrected chi connectivity index (χ1v) is 3.85. The maximum atomic E-state index is 9.14. The number of pyridine rings is 1. The summed E-state index contributed by atoms with van der Waals surface area (Å²) in [7, 11) is 0. The Hall–Kier alpha value is -0.360. The lowest BCUT2D eigenvalue weighted by Crippen LogP contribution is -1.99. The summed E-state index contributed by atoms with van der Waals surface area (Å²) in [4.78, 5) is 3.91. The maximum Gasteiger partial charge on any atom is 0.139 e. The Morgan fingerprint density at radius 3 is 2.90 bits per heavy atom. The zero-order chi connectivity index (χ0) is 7.56. The van der Waals surface area contributed by atoms with E-state index < -0.39 is 0 Å². The molecule has 0 fully saturated rings. The summed E-state index contributed by atoms with van der Waals surface area (Å²) in [6.07, 6.45) is 1.67. The molecule has 1 heterocycles. The molecule has 0 aliphatic heterocycles. The van der Waals surface area contributed by atoms with Gasteiger partial charge in [0, 0.05) is 16.3 Å². The largest absolute Gasteiger partial charge is 0.506 e. The van der Waals surface area contributed by atoms with Crippen LogP contribution in [0.4, 0.5) is 0 Å². The van der Waals surface area contributed by atoms with Crippen LogP contribution in [0.3, 0.4) is 0 Å². The summed E-state index contributed by atoms with van der Waals surface area (Å²) in [6, 6.07) is 1.63. The second-order valence-corrected chi connectivity index (χ2v) is 3.07. The van der Waals surface area contributed by atoms with Crippen LogP contribution in [0, 0.1) is 3.57 Å². The average molecular weight is 250 g/mol. The molecule has 1 rings (SSSR count). The summed E-state index contributed by atoms with van der Waals surface area (Å²) >= 11 is 2.08. The van der Waals surface area contributed by atoms with Crippen LogP contribution in [-0.2, 0) is 6.54 Å². The molecule has 0 radical (unpaired) electrons. The minimum absolute atomic E-state index is 0.175. The van der Waals surface area contributed by atoms with E-state index in [-0.39, 0.29) is 12.3 Å². The molecule has 0 saturated carbocycles. The molecule has 0 unspecified atom stereocenters. The molecule has 0 saturated heterocycles. The summed E-state index contributed by atoms with van der Waals surface area (Å²) in [5, 5.41) is 9.14. The predicted octanol–water partition coefficient (Wildman–Crippen LogP) is 0.850. The van der Waals surface area contributed by atoms with E-state index in [0.717, 1.165) is 3.57 Å². The van der Waals surface area contributed by atoms with Gasteiger partial charge in [-0.2, -0.15) is 0 Å². The third kappa shape index (κ3) is 1.57. The van der Waals surface area contributed by atoms with Gasteiger partial charge in [0.25, 0.3) is 0 Å². The van der Waals surface area contributed by atoms with Gasteiger partial charge in [0.2, 0.25) is 0 Å². The van der Waals surface area contributed by atoms with Crippen molar-refractivity contribution in [1.82, 2.24) is 4.98 Å². The van der Waals surface area contributed by atoms with E-state index >= 15 is 0 Å². The van der Waals surface area contributed by atoms with E-state index in [1.807, 2.05) is 0 Å². The molecule has 0 amide bonds. The van der Waals surface area contributed by atoms with Crippen molar-refractivity contribution in [2.75, 3.05) is 0 Å². The summed E-state index contributed by atoms with van der Waals surface area (Å²) in [5.41, 5.74) is 5.82. The molecule has 0 bridgehead atoms. The van der Waals surface area contributed by atoms with Gasteiger partial charge in [0.15, 0.2) is 0 Å². The first kappa shape index (κ1) is 7.74. The number of halogens is 1.